The molecular formula is C11H15F2NO. The first-order chi connectivity index (χ1) is 7.10. The van der Waals surface area contributed by atoms with Crippen LogP contribution in [0, 0.1) is 17.6 Å². The van der Waals surface area contributed by atoms with E-state index in [-0.39, 0.29) is 18.0 Å². The Balaban J connectivity index is 2.98. The van der Waals surface area contributed by atoms with Crippen molar-refractivity contribution in [2.45, 2.75) is 19.4 Å². The predicted octanol–water partition coefficient (Wildman–Crippen LogP) is 1.98. The van der Waals surface area contributed by atoms with Gasteiger partial charge in [0.15, 0.2) is 0 Å². The zero-order chi connectivity index (χ0) is 11.4. The summed E-state index contributed by atoms with van der Waals surface area (Å²) in [6.07, 6.45) is -0.427. The summed E-state index contributed by atoms with van der Waals surface area (Å²) in [7, 11) is 0. The lowest BCUT2D eigenvalue weighted by molar-refractivity contribution is 0.106. The minimum atomic E-state index is -1.05. The summed E-state index contributed by atoms with van der Waals surface area (Å²) in [5.74, 6) is -1.41. The van der Waals surface area contributed by atoms with E-state index in [2.05, 4.69) is 0 Å². The van der Waals surface area contributed by atoms with Gasteiger partial charge in [-0.2, -0.15) is 0 Å². The lowest BCUT2D eigenvalue weighted by Crippen LogP contribution is -2.22. The maximum atomic E-state index is 13.3. The Kier molecular flexibility index (Phi) is 4.17. The normalized spacial score (nSPS) is 15.0. The highest BCUT2D eigenvalue weighted by molar-refractivity contribution is 5.21. The minimum Gasteiger partial charge on any atom is -0.388 e. The van der Waals surface area contributed by atoms with Crippen LogP contribution in [0.5, 0.6) is 0 Å². The van der Waals surface area contributed by atoms with Gasteiger partial charge in [0.25, 0.3) is 0 Å². The summed E-state index contributed by atoms with van der Waals surface area (Å²) in [6.45, 7) is 2.09. The lowest BCUT2D eigenvalue weighted by Gasteiger charge is -2.20. The Labute approximate surface area is 87.7 Å². The molecule has 0 aliphatic carbocycles. The van der Waals surface area contributed by atoms with Crippen molar-refractivity contribution in [3.8, 4) is 0 Å². The van der Waals surface area contributed by atoms with E-state index in [1.165, 1.54) is 0 Å². The van der Waals surface area contributed by atoms with Crippen LogP contribution in [0.15, 0.2) is 18.2 Å². The van der Waals surface area contributed by atoms with Crippen LogP contribution in [0.25, 0.3) is 0 Å². The molecule has 0 aliphatic rings. The molecule has 1 aromatic rings. The molecule has 0 heterocycles. The maximum absolute atomic E-state index is 13.3. The molecule has 0 fully saturated rings. The third kappa shape index (κ3) is 2.73. The second-order valence-corrected chi connectivity index (χ2v) is 3.51. The van der Waals surface area contributed by atoms with E-state index in [0.29, 0.717) is 6.42 Å². The van der Waals surface area contributed by atoms with Crippen LogP contribution < -0.4 is 5.73 Å². The topological polar surface area (TPSA) is 46.2 Å². The number of hydrogen-bond donors (Lipinski definition) is 2. The molecule has 0 saturated carbocycles. The van der Waals surface area contributed by atoms with Gasteiger partial charge in [-0.05, 0) is 31.2 Å². The summed E-state index contributed by atoms with van der Waals surface area (Å²) in [5, 5.41) is 9.80. The average Bonchev–Trinajstić information content (AvgIpc) is 2.23. The van der Waals surface area contributed by atoms with Gasteiger partial charge in [-0.25, -0.2) is 8.78 Å². The van der Waals surface area contributed by atoms with E-state index in [9.17, 15) is 13.9 Å². The highest BCUT2D eigenvalue weighted by Crippen LogP contribution is 2.26. The molecule has 0 amide bonds. The fourth-order valence-corrected chi connectivity index (χ4v) is 1.51. The number of aliphatic hydroxyl groups excluding tert-OH is 1. The number of aliphatic hydroxyl groups is 1. The summed E-state index contributed by atoms with van der Waals surface area (Å²) < 4.78 is 26.2. The molecule has 3 N–H and O–H groups in total. The van der Waals surface area contributed by atoms with Gasteiger partial charge in [0.1, 0.15) is 11.6 Å². The quantitative estimate of drug-likeness (QED) is 0.806. The molecule has 2 unspecified atom stereocenters. The molecule has 0 spiro atoms. The summed E-state index contributed by atoms with van der Waals surface area (Å²) in [6, 6.07) is 3.05. The van der Waals surface area contributed by atoms with Gasteiger partial charge in [0.05, 0.1) is 6.10 Å². The second-order valence-electron chi connectivity index (χ2n) is 3.51. The van der Waals surface area contributed by atoms with Gasteiger partial charge in [-0.1, -0.05) is 6.92 Å². The zero-order valence-electron chi connectivity index (χ0n) is 8.58. The van der Waals surface area contributed by atoms with Crippen molar-refractivity contribution in [1.82, 2.24) is 0 Å². The van der Waals surface area contributed by atoms with E-state index >= 15 is 0 Å². The van der Waals surface area contributed by atoms with Crippen molar-refractivity contribution in [2.75, 3.05) is 6.54 Å². The molecule has 2 atom stereocenters. The van der Waals surface area contributed by atoms with Gasteiger partial charge in [-0.15, -0.1) is 0 Å². The molecule has 1 rings (SSSR count). The average molecular weight is 215 g/mol. The van der Waals surface area contributed by atoms with Crippen LogP contribution in [0.3, 0.4) is 0 Å². The van der Waals surface area contributed by atoms with Crippen LogP contribution >= 0.6 is 0 Å². The number of hydrogen-bond acceptors (Lipinski definition) is 2. The van der Waals surface area contributed by atoms with Gasteiger partial charge < -0.3 is 10.8 Å². The SMILES string of the molecule is CCC(CN)C(O)c1cc(F)ccc1F. The molecule has 0 saturated heterocycles. The van der Waals surface area contributed by atoms with Crippen molar-refractivity contribution in [3.63, 3.8) is 0 Å². The van der Waals surface area contributed by atoms with Crippen LogP contribution in [-0.2, 0) is 0 Å². The molecule has 0 aliphatic heterocycles. The van der Waals surface area contributed by atoms with Crippen molar-refractivity contribution < 1.29 is 13.9 Å². The first-order valence-corrected chi connectivity index (χ1v) is 4.93. The van der Waals surface area contributed by atoms with Crippen molar-refractivity contribution in [2.24, 2.45) is 11.7 Å². The fourth-order valence-electron chi connectivity index (χ4n) is 1.51. The van der Waals surface area contributed by atoms with E-state index in [4.69, 9.17) is 5.73 Å². The van der Waals surface area contributed by atoms with E-state index in [1.54, 1.807) is 0 Å². The zero-order valence-corrected chi connectivity index (χ0v) is 8.58. The van der Waals surface area contributed by atoms with Crippen molar-refractivity contribution in [3.05, 3.63) is 35.4 Å². The monoisotopic (exact) mass is 215 g/mol. The van der Waals surface area contributed by atoms with Gasteiger partial charge in [-0.3, -0.25) is 0 Å². The number of benzene rings is 1. The standard InChI is InChI=1S/C11H15F2NO/c1-2-7(6-14)11(15)9-5-8(12)3-4-10(9)13/h3-5,7,11,15H,2,6,14H2,1H3. The Morgan fingerprint density at radius 3 is 2.60 bits per heavy atom. The lowest BCUT2D eigenvalue weighted by atomic mass is 9.93. The summed E-state index contributed by atoms with van der Waals surface area (Å²) in [5.41, 5.74) is 5.41. The minimum absolute atomic E-state index is 0.0210. The van der Waals surface area contributed by atoms with Crippen LogP contribution in [0.2, 0.25) is 0 Å². The van der Waals surface area contributed by atoms with Crippen LogP contribution in [0.1, 0.15) is 25.0 Å². The van der Waals surface area contributed by atoms with Crippen LogP contribution in [-0.4, -0.2) is 11.7 Å². The molecule has 0 aromatic heterocycles. The van der Waals surface area contributed by atoms with Crippen molar-refractivity contribution in [1.29, 1.82) is 0 Å². The molecule has 2 nitrogen and oxygen atoms in total. The van der Waals surface area contributed by atoms with E-state index in [0.717, 1.165) is 18.2 Å². The Bertz CT molecular complexity index is 326. The highest BCUT2D eigenvalue weighted by Gasteiger charge is 2.21. The Hall–Kier alpha value is -1.00. The Morgan fingerprint density at radius 2 is 2.07 bits per heavy atom. The highest BCUT2D eigenvalue weighted by atomic mass is 19.1. The second kappa shape index (κ2) is 5.19. The summed E-state index contributed by atoms with van der Waals surface area (Å²) >= 11 is 0. The smallest absolute Gasteiger partial charge is 0.129 e. The Morgan fingerprint density at radius 1 is 1.40 bits per heavy atom. The van der Waals surface area contributed by atoms with E-state index in [1.807, 2.05) is 6.92 Å². The van der Waals surface area contributed by atoms with E-state index < -0.39 is 17.7 Å². The van der Waals surface area contributed by atoms with Gasteiger partial charge >= 0.3 is 0 Å². The summed E-state index contributed by atoms with van der Waals surface area (Å²) in [4.78, 5) is 0. The van der Waals surface area contributed by atoms with Crippen molar-refractivity contribution >= 4 is 0 Å². The molecule has 4 heteroatoms. The number of halogens is 2. The molecular weight excluding hydrogens is 200 g/mol. The third-order valence-electron chi connectivity index (χ3n) is 2.55. The van der Waals surface area contributed by atoms with Gasteiger partial charge in [0.2, 0.25) is 0 Å². The molecule has 15 heavy (non-hydrogen) atoms. The first kappa shape index (κ1) is 12.1. The van der Waals surface area contributed by atoms with Crippen LogP contribution in [0.4, 0.5) is 8.78 Å². The molecule has 1 aromatic carbocycles. The third-order valence-corrected chi connectivity index (χ3v) is 2.55. The predicted molar refractivity (Wildman–Crippen MR) is 54.2 cm³/mol. The maximum Gasteiger partial charge on any atom is 0.129 e. The van der Waals surface area contributed by atoms with Gasteiger partial charge in [0, 0.05) is 11.5 Å². The number of rotatable bonds is 4. The fraction of sp³-hybridized carbons (Fsp3) is 0.455. The largest absolute Gasteiger partial charge is 0.388 e. The molecule has 0 bridgehead atoms. The number of nitrogens with two attached hydrogens (primary N) is 1. The first-order valence-electron chi connectivity index (χ1n) is 4.93. The molecule has 0 radical (unpaired) electrons. The molecule has 84 valence electrons.